The van der Waals surface area contributed by atoms with Gasteiger partial charge in [-0.2, -0.15) is 0 Å². The quantitative estimate of drug-likeness (QED) is 0.594. The van der Waals surface area contributed by atoms with Crippen LogP contribution in [-0.2, 0) is 6.42 Å². The van der Waals surface area contributed by atoms with Crippen molar-refractivity contribution < 1.29 is 9.47 Å². The Balaban J connectivity index is 2.83. The van der Waals surface area contributed by atoms with Gasteiger partial charge in [-0.25, -0.2) is 0 Å². The summed E-state index contributed by atoms with van der Waals surface area (Å²) in [6.07, 6.45) is 7.55. The maximum atomic E-state index is 5.98. The molecule has 0 aromatic heterocycles. The van der Waals surface area contributed by atoms with Gasteiger partial charge in [0.15, 0.2) is 0 Å². The lowest BCUT2D eigenvalue weighted by Crippen LogP contribution is -2.21. The number of nitrogens with two attached hydrogens (primary N) is 1. The highest BCUT2D eigenvalue weighted by Gasteiger charge is 2.09. The SMILES string of the molecule is C#CCCOc1cc(OC)ccc1CC(N)CC. The average Bonchev–Trinajstić information content (AvgIpc) is 2.40. The lowest BCUT2D eigenvalue weighted by molar-refractivity contribution is 0.319. The summed E-state index contributed by atoms with van der Waals surface area (Å²) in [5, 5.41) is 0. The van der Waals surface area contributed by atoms with E-state index in [1.807, 2.05) is 18.2 Å². The number of hydrogen-bond donors (Lipinski definition) is 1. The van der Waals surface area contributed by atoms with Crippen LogP contribution in [-0.4, -0.2) is 19.8 Å². The first kappa shape index (κ1) is 14.4. The van der Waals surface area contributed by atoms with Gasteiger partial charge in [0.25, 0.3) is 0 Å². The highest BCUT2D eigenvalue weighted by molar-refractivity contribution is 5.41. The molecule has 1 aromatic carbocycles. The van der Waals surface area contributed by atoms with Gasteiger partial charge in [0.2, 0.25) is 0 Å². The molecule has 0 fully saturated rings. The van der Waals surface area contributed by atoms with Crippen molar-refractivity contribution in [3.05, 3.63) is 23.8 Å². The van der Waals surface area contributed by atoms with Crippen molar-refractivity contribution in [3.63, 3.8) is 0 Å². The maximum absolute atomic E-state index is 5.98. The largest absolute Gasteiger partial charge is 0.497 e. The fourth-order valence-electron chi connectivity index (χ4n) is 1.61. The van der Waals surface area contributed by atoms with Crippen LogP contribution in [0.4, 0.5) is 0 Å². The number of methoxy groups -OCH3 is 1. The van der Waals surface area contributed by atoms with Crippen molar-refractivity contribution in [1.82, 2.24) is 0 Å². The van der Waals surface area contributed by atoms with E-state index in [2.05, 4.69) is 12.8 Å². The Morgan fingerprint density at radius 1 is 1.44 bits per heavy atom. The molecule has 0 spiro atoms. The molecule has 98 valence electrons. The molecule has 0 aliphatic rings. The van der Waals surface area contributed by atoms with Crippen LogP contribution in [0.5, 0.6) is 11.5 Å². The summed E-state index contributed by atoms with van der Waals surface area (Å²) in [6.45, 7) is 2.59. The van der Waals surface area contributed by atoms with Crippen LogP contribution in [0.1, 0.15) is 25.3 Å². The molecule has 0 heterocycles. The second-order valence-corrected chi connectivity index (χ2v) is 4.15. The molecule has 2 N–H and O–H groups in total. The fourth-order valence-corrected chi connectivity index (χ4v) is 1.61. The Morgan fingerprint density at radius 3 is 2.83 bits per heavy atom. The van der Waals surface area contributed by atoms with Gasteiger partial charge in [-0.05, 0) is 24.5 Å². The molecule has 1 rings (SSSR count). The van der Waals surface area contributed by atoms with Gasteiger partial charge in [0.05, 0.1) is 13.7 Å². The van der Waals surface area contributed by atoms with Crippen LogP contribution < -0.4 is 15.2 Å². The van der Waals surface area contributed by atoms with Crippen LogP contribution in [0.2, 0.25) is 0 Å². The van der Waals surface area contributed by atoms with E-state index in [1.165, 1.54) is 0 Å². The molecule has 0 aliphatic heterocycles. The Bertz CT molecular complexity index is 409. The van der Waals surface area contributed by atoms with Crippen molar-refractivity contribution in [2.24, 2.45) is 5.73 Å². The van der Waals surface area contributed by atoms with Crippen molar-refractivity contribution in [1.29, 1.82) is 0 Å². The van der Waals surface area contributed by atoms with Gasteiger partial charge >= 0.3 is 0 Å². The van der Waals surface area contributed by atoms with Gasteiger partial charge < -0.3 is 15.2 Å². The number of terminal acetylenes is 1. The Morgan fingerprint density at radius 2 is 2.22 bits per heavy atom. The standard InChI is InChI=1S/C15H21NO2/c1-4-6-9-18-15-11-14(17-3)8-7-12(15)10-13(16)5-2/h1,7-8,11,13H,5-6,9-10,16H2,2-3H3. The Kier molecular flexibility index (Phi) is 6.10. The molecule has 0 radical (unpaired) electrons. The molecule has 1 atom stereocenters. The highest BCUT2D eigenvalue weighted by Crippen LogP contribution is 2.26. The van der Waals surface area contributed by atoms with Gasteiger partial charge in [-0.1, -0.05) is 13.0 Å². The summed E-state index contributed by atoms with van der Waals surface area (Å²) in [6, 6.07) is 5.95. The van der Waals surface area contributed by atoms with Crippen molar-refractivity contribution in [3.8, 4) is 23.8 Å². The van der Waals surface area contributed by atoms with Crippen molar-refractivity contribution in [2.45, 2.75) is 32.2 Å². The maximum Gasteiger partial charge on any atom is 0.126 e. The topological polar surface area (TPSA) is 44.5 Å². The van der Waals surface area contributed by atoms with Crippen molar-refractivity contribution >= 4 is 0 Å². The lowest BCUT2D eigenvalue weighted by atomic mass is 10.0. The molecule has 18 heavy (non-hydrogen) atoms. The number of rotatable bonds is 7. The minimum Gasteiger partial charge on any atom is -0.497 e. The first-order valence-electron chi connectivity index (χ1n) is 6.20. The zero-order valence-electron chi connectivity index (χ0n) is 11.1. The predicted octanol–water partition coefficient (Wildman–Crippen LogP) is 2.38. The van der Waals surface area contributed by atoms with E-state index in [4.69, 9.17) is 21.6 Å². The molecule has 0 aliphatic carbocycles. The summed E-state index contributed by atoms with van der Waals surface area (Å²) >= 11 is 0. The molecule has 0 saturated carbocycles. The zero-order valence-corrected chi connectivity index (χ0v) is 11.1. The molecule has 0 saturated heterocycles. The van der Waals surface area contributed by atoms with Crippen LogP contribution in [0.15, 0.2) is 18.2 Å². The van der Waals surface area contributed by atoms with E-state index >= 15 is 0 Å². The summed E-state index contributed by atoms with van der Waals surface area (Å²) < 4.78 is 10.9. The first-order chi connectivity index (χ1) is 8.71. The number of hydrogen-bond acceptors (Lipinski definition) is 3. The average molecular weight is 247 g/mol. The second-order valence-electron chi connectivity index (χ2n) is 4.15. The molecular formula is C15H21NO2. The van der Waals surface area contributed by atoms with Crippen LogP contribution in [0.3, 0.4) is 0 Å². The summed E-state index contributed by atoms with van der Waals surface area (Å²) in [5.74, 6) is 4.15. The van der Waals surface area contributed by atoms with Crippen LogP contribution >= 0.6 is 0 Å². The third-order valence-corrected chi connectivity index (χ3v) is 2.78. The van der Waals surface area contributed by atoms with Crippen molar-refractivity contribution in [2.75, 3.05) is 13.7 Å². The minimum absolute atomic E-state index is 0.147. The predicted molar refractivity (Wildman–Crippen MR) is 73.9 cm³/mol. The van der Waals surface area contributed by atoms with Crippen LogP contribution in [0, 0.1) is 12.3 Å². The first-order valence-corrected chi connectivity index (χ1v) is 6.20. The van der Waals surface area contributed by atoms with Gasteiger partial charge in [-0.15, -0.1) is 12.3 Å². The molecular weight excluding hydrogens is 226 g/mol. The Labute approximate surface area is 109 Å². The monoisotopic (exact) mass is 247 g/mol. The minimum atomic E-state index is 0.147. The van der Waals surface area contributed by atoms with Gasteiger partial charge in [0.1, 0.15) is 11.5 Å². The molecule has 1 aromatic rings. The number of benzene rings is 1. The molecule has 3 nitrogen and oxygen atoms in total. The smallest absolute Gasteiger partial charge is 0.126 e. The second kappa shape index (κ2) is 7.62. The lowest BCUT2D eigenvalue weighted by Gasteiger charge is -2.15. The normalized spacial score (nSPS) is 11.7. The molecule has 1 unspecified atom stereocenters. The summed E-state index contributed by atoms with van der Waals surface area (Å²) in [5.41, 5.74) is 7.08. The van der Waals surface area contributed by atoms with E-state index in [1.54, 1.807) is 7.11 Å². The summed E-state index contributed by atoms with van der Waals surface area (Å²) in [4.78, 5) is 0. The van der Waals surface area contributed by atoms with E-state index in [0.29, 0.717) is 13.0 Å². The third-order valence-electron chi connectivity index (χ3n) is 2.78. The van der Waals surface area contributed by atoms with E-state index in [-0.39, 0.29) is 6.04 Å². The van der Waals surface area contributed by atoms with E-state index < -0.39 is 0 Å². The van der Waals surface area contributed by atoms with E-state index in [0.717, 1.165) is 29.9 Å². The van der Waals surface area contributed by atoms with Gasteiger partial charge in [0, 0.05) is 18.5 Å². The summed E-state index contributed by atoms with van der Waals surface area (Å²) in [7, 11) is 1.64. The molecule has 3 heteroatoms. The van der Waals surface area contributed by atoms with Gasteiger partial charge in [-0.3, -0.25) is 0 Å². The third kappa shape index (κ3) is 4.31. The highest BCUT2D eigenvalue weighted by atomic mass is 16.5. The van der Waals surface area contributed by atoms with E-state index in [9.17, 15) is 0 Å². The number of ether oxygens (including phenoxy) is 2. The molecule has 0 bridgehead atoms. The fraction of sp³-hybridized carbons (Fsp3) is 0.467. The zero-order chi connectivity index (χ0) is 13.4. The Hall–Kier alpha value is -1.66. The molecule has 0 amide bonds. The van der Waals surface area contributed by atoms with Crippen LogP contribution in [0.25, 0.3) is 0 Å².